The second kappa shape index (κ2) is 9.18. The largest absolute Gasteiger partial charge is 0.495 e. The number of hydrogen-bond acceptors (Lipinski definition) is 6. The highest BCUT2D eigenvalue weighted by atomic mass is 16.5. The fourth-order valence-electron chi connectivity index (χ4n) is 2.40. The van der Waals surface area contributed by atoms with Crippen LogP contribution < -0.4 is 14.8 Å². The number of esters is 1. The maximum atomic E-state index is 12.4. The van der Waals surface area contributed by atoms with E-state index >= 15 is 0 Å². The third kappa shape index (κ3) is 4.85. The Kier molecular flexibility index (Phi) is 6.20. The van der Waals surface area contributed by atoms with Gasteiger partial charge >= 0.3 is 5.97 Å². The van der Waals surface area contributed by atoms with Gasteiger partial charge in [-0.1, -0.05) is 24.3 Å². The molecule has 0 aliphatic heterocycles. The van der Waals surface area contributed by atoms with E-state index in [9.17, 15) is 9.59 Å². The van der Waals surface area contributed by atoms with Crippen molar-refractivity contribution >= 4 is 17.6 Å². The fraction of sp³-hybridized carbons (Fsp3) is 0.0952. The minimum atomic E-state index is -0.672. The molecular formula is C21H18N2O5. The molecule has 142 valence electrons. The topological polar surface area (TPSA) is 86.8 Å². The van der Waals surface area contributed by atoms with Crippen molar-refractivity contribution in [1.82, 2.24) is 4.98 Å². The van der Waals surface area contributed by atoms with Crippen molar-refractivity contribution in [3.63, 3.8) is 0 Å². The first-order chi connectivity index (χ1) is 13.7. The van der Waals surface area contributed by atoms with Gasteiger partial charge in [0.25, 0.3) is 5.91 Å². The van der Waals surface area contributed by atoms with E-state index in [1.54, 1.807) is 66.9 Å². The summed E-state index contributed by atoms with van der Waals surface area (Å²) >= 11 is 0. The van der Waals surface area contributed by atoms with Gasteiger partial charge < -0.3 is 19.5 Å². The van der Waals surface area contributed by atoms with Crippen LogP contribution in [-0.4, -0.2) is 30.6 Å². The highest BCUT2D eigenvalue weighted by molar-refractivity contribution is 5.97. The fourth-order valence-corrected chi connectivity index (χ4v) is 2.40. The van der Waals surface area contributed by atoms with Gasteiger partial charge in [0.05, 0.1) is 19.0 Å². The van der Waals surface area contributed by atoms with E-state index in [-0.39, 0.29) is 5.56 Å². The summed E-state index contributed by atoms with van der Waals surface area (Å²) in [4.78, 5) is 28.5. The van der Waals surface area contributed by atoms with E-state index in [0.29, 0.717) is 22.9 Å². The molecule has 0 saturated carbocycles. The highest BCUT2D eigenvalue weighted by Gasteiger charge is 2.16. The molecule has 0 radical (unpaired) electrons. The second-order valence-electron chi connectivity index (χ2n) is 5.61. The van der Waals surface area contributed by atoms with Crippen molar-refractivity contribution in [2.75, 3.05) is 19.0 Å². The molecule has 0 unspecified atom stereocenters. The van der Waals surface area contributed by atoms with Gasteiger partial charge in [0, 0.05) is 6.20 Å². The van der Waals surface area contributed by atoms with Gasteiger partial charge in [-0.05, 0) is 36.4 Å². The van der Waals surface area contributed by atoms with Crippen molar-refractivity contribution in [2.45, 2.75) is 0 Å². The van der Waals surface area contributed by atoms with Crippen LogP contribution in [0.1, 0.15) is 10.4 Å². The number of hydrogen-bond donors (Lipinski definition) is 1. The lowest BCUT2D eigenvalue weighted by atomic mass is 10.2. The molecule has 1 heterocycles. The zero-order valence-corrected chi connectivity index (χ0v) is 15.1. The number of anilines is 1. The molecule has 1 amide bonds. The molecular weight excluding hydrogens is 360 g/mol. The average molecular weight is 378 g/mol. The SMILES string of the molecule is COc1ccccc1NC(=O)COC(=O)c1ccccc1Oc1cccnc1. The van der Waals surface area contributed by atoms with Crippen LogP contribution in [0.4, 0.5) is 5.69 Å². The maximum absolute atomic E-state index is 12.4. The van der Waals surface area contributed by atoms with E-state index < -0.39 is 18.5 Å². The number of para-hydroxylation sites is 3. The smallest absolute Gasteiger partial charge is 0.342 e. The number of nitrogens with zero attached hydrogens (tertiary/aromatic N) is 1. The zero-order chi connectivity index (χ0) is 19.8. The number of carbonyl (C=O) groups is 2. The van der Waals surface area contributed by atoms with Gasteiger partial charge in [-0.3, -0.25) is 9.78 Å². The quantitative estimate of drug-likeness (QED) is 0.631. The minimum absolute atomic E-state index is 0.205. The molecule has 1 N–H and O–H groups in total. The standard InChI is InChI=1S/C21H18N2O5/c1-26-19-11-5-3-9-17(19)23-20(24)14-27-21(25)16-8-2-4-10-18(16)28-15-7-6-12-22-13-15/h2-13H,14H2,1H3,(H,23,24). The van der Waals surface area contributed by atoms with Gasteiger partial charge in [0.15, 0.2) is 6.61 Å². The molecule has 3 rings (SSSR count). The van der Waals surface area contributed by atoms with E-state index in [4.69, 9.17) is 14.2 Å². The number of methoxy groups -OCH3 is 1. The molecule has 0 spiro atoms. The lowest BCUT2D eigenvalue weighted by Gasteiger charge is -2.12. The number of carbonyl (C=O) groups excluding carboxylic acids is 2. The molecule has 28 heavy (non-hydrogen) atoms. The van der Waals surface area contributed by atoms with Crippen molar-refractivity contribution < 1.29 is 23.8 Å². The van der Waals surface area contributed by atoms with Crippen LogP contribution in [0.15, 0.2) is 73.1 Å². The summed E-state index contributed by atoms with van der Waals surface area (Å²) < 4.78 is 16.0. The Hall–Kier alpha value is -3.87. The normalized spacial score (nSPS) is 10.0. The van der Waals surface area contributed by atoms with Gasteiger partial charge in [0.2, 0.25) is 0 Å². The molecule has 7 heteroatoms. The first-order valence-corrected chi connectivity index (χ1v) is 8.44. The first-order valence-electron chi connectivity index (χ1n) is 8.44. The molecule has 0 aliphatic rings. The number of pyridine rings is 1. The predicted octanol–water partition coefficient (Wildman–Crippen LogP) is 3.68. The van der Waals surface area contributed by atoms with Crippen LogP contribution in [0, 0.1) is 0 Å². The van der Waals surface area contributed by atoms with Crippen LogP contribution in [-0.2, 0) is 9.53 Å². The summed E-state index contributed by atoms with van der Waals surface area (Å²) in [5.74, 6) is 0.151. The summed E-state index contributed by atoms with van der Waals surface area (Å²) in [5.41, 5.74) is 0.697. The summed E-state index contributed by atoms with van der Waals surface area (Å²) in [6, 6.07) is 17.0. The Morgan fingerprint density at radius 1 is 0.964 bits per heavy atom. The molecule has 2 aromatic carbocycles. The monoisotopic (exact) mass is 378 g/mol. The molecule has 1 aromatic heterocycles. The zero-order valence-electron chi connectivity index (χ0n) is 15.1. The van der Waals surface area contributed by atoms with Crippen molar-refractivity contribution in [2.24, 2.45) is 0 Å². The van der Waals surface area contributed by atoms with E-state index in [0.717, 1.165) is 0 Å². The molecule has 0 fully saturated rings. The van der Waals surface area contributed by atoms with E-state index in [1.165, 1.54) is 13.3 Å². The Labute approximate surface area is 161 Å². The molecule has 0 atom stereocenters. The molecule has 7 nitrogen and oxygen atoms in total. The van der Waals surface area contributed by atoms with Crippen molar-refractivity contribution in [3.05, 3.63) is 78.6 Å². The summed E-state index contributed by atoms with van der Waals surface area (Å²) in [5, 5.41) is 2.64. The van der Waals surface area contributed by atoms with Crippen LogP contribution >= 0.6 is 0 Å². The third-order valence-electron chi connectivity index (χ3n) is 3.68. The van der Waals surface area contributed by atoms with E-state index in [2.05, 4.69) is 10.3 Å². The van der Waals surface area contributed by atoms with Crippen LogP contribution in [0.5, 0.6) is 17.2 Å². The van der Waals surface area contributed by atoms with Gasteiger partial charge in [-0.25, -0.2) is 4.79 Å². The maximum Gasteiger partial charge on any atom is 0.342 e. The van der Waals surface area contributed by atoms with Crippen LogP contribution in [0.3, 0.4) is 0 Å². The Bertz CT molecular complexity index is 960. The number of benzene rings is 2. The second-order valence-corrected chi connectivity index (χ2v) is 5.61. The Balaban J connectivity index is 1.63. The molecule has 0 saturated heterocycles. The van der Waals surface area contributed by atoms with Crippen molar-refractivity contribution in [1.29, 1.82) is 0 Å². The lowest BCUT2D eigenvalue weighted by molar-refractivity contribution is -0.119. The molecule has 0 bridgehead atoms. The van der Waals surface area contributed by atoms with E-state index in [1.807, 2.05) is 0 Å². The highest BCUT2D eigenvalue weighted by Crippen LogP contribution is 2.25. The summed E-state index contributed by atoms with van der Waals surface area (Å²) in [7, 11) is 1.50. The van der Waals surface area contributed by atoms with Crippen LogP contribution in [0.25, 0.3) is 0 Å². The summed E-state index contributed by atoms with van der Waals surface area (Å²) in [6.07, 6.45) is 3.15. The lowest BCUT2D eigenvalue weighted by Crippen LogP contribution is -2.21. The molecule has 3 aromatic rings. The van der Waals surface area contributed by atoms with Gasteiger partial charge in [-0.15, -0.1) is 0 Å². The number of nitrogens with one attached hydrogen (secondary N) is 1. The Morgan fingerprint density at radius 3 is 2.46 bits per heavy atom. The predicted molar refractivity (Wildman–Crippen MR) is 103 cm³/mol. The number of aromatic nitrogens is 1. The first kappa shape index (κ1) is 18.9. The van der Waals surface area contributed by atoms with Gasteiger partial charge in [-0.2, -0.15) is 0 Å². The Morgan fingerprint density at radius 2 is 1.71 bits per heavy atom. The van der Waals surface area contributed by atoms with Gasteiger partial charge in [0.1, 0.15) is 22.8 Å². The average Bonchev–Trinajstić information content (AvgIpc) is 2.73. The number of rotatable bonds is 7. The molecule has 0 aliphatic carbocycles. The number of ether oxygens (including phenoxy) is 3. The summed E-state index contributed by atoms with van der Waals surface area (Å²) in [6.45, 7) is -0.446. The minimum Gasteiger partial charge on any atom is -0.495 e. The third-order valence-corrected chi connectivity index (χ3v) is 3.68. The van der Waals surface area contributed by atoms with Crippen molar-refractivity contribution in [3.8, 4) is 17.2 Å². The van der Waals surface area contributed by atoms with Crippen LogP contribution in [0.2, 0.25) is 0 Å². The number of amides is 1.